The Kier molecular flexibility index (Phi) is 7.31. The molecule has 0 radical (unpaired) electrons. The summed E-state index contributed by atoms with van der Waals surface area (Å²) in [5.74, 6) is 0.805. The van der Waals surface area contributed by atoms with Gasteiger partial charge in [-0.05, 0) is 48.9 Å². The van der Waals surface area contributed by atoms with Crippen molar-refractivity contribution in [3.8, 4) is 17.6 Å². The molecule has 0 bridgehead atoms. The molecule has 212 valence electrons. The molecule has 0 fully saturated rings. The lowest BCUT2D eigenvalue weighted by Gasteiger charge is -2.37. The van der Waals surface area contributed by atoms with E-state index in [1.54, 1.807) is 42.6 Å². The summed E-state index contributed by atoms with van der Waals surface area (Å²) in [5.41, 5.74) is -0.947. The van der Waals surface area contributed by atoms with Gasteiger partial charge in [-0.3, -0.25) is 0 Å². The summed E-state index contributed by atoms with van der Waals surface area (Å²) < 4.78 is 80.2. The number of nitriles is 1. The largest absolute Gasteiger partial charge is 0.497 e. The van der Waals surface area contributed by atoms with E-state index in [2.05, 4.69) is 10.3 Å². The van der Waals surface area contributed by atoms with Crippen LogP contribution in [-0.4, -0.2) is 27.1 Å². The molecule has 1 atom stereocenters. The van der Waals surface area contributed by atoms with E-state index in [1.807, 2.05) is 6.07 Å². The van der Waals surface area contributed by atoms with Crippen molar-refractivity contribution >= 4 is 32.2 Å². The summed E-state index contributed by atoms with van der Waals surface area (Å²) in [6.45, 7) is 1.76. The Morgan fingerprint density at radius 1 is 1.17 bits per heavy atom. The molecule has 3 aromatic carbocycles. The molecular formula is C28H23F3N4O4S2. The minimum Gasteiger partial charge on any atom is -0.497 e. The highest BCUT2D eigenvalue weighted by Crippen LogP contribution is 2.42. The van der Waals surface area contributed by atoms with E-state index in [0.29, 0.717) is 17.0 Å². The highest BCUT2D eigenvalue weighted by molar-refractivity contribution is 7.93. The molecule has 0 saturated carbocycles. The fourth-order valence-corrected chi connectivity index (χ4v) is 6.77. The molecule has 4 aromatic rings. The monoisotopic (exact) mass is 600 g/mol. The molecule has 1 aliphatic rings. The maximum atomic E-state index is 13.9. The first-order chi connectivity index (χ1) is 19.4. The Bertz CT molecular complexity index is 1720. The molecule has 8 nitrogen and oxygen atoms in total. The van der Waals surface area contributed by atoms with Gasteiger partial charge in [0.05, 0.1) is 48.0 Å². The summed E-state index contributed by atoms with van der Waals surface area (Å²) in [6.07, 6.45) is -3.10. The standard InChI is InChI=1S/C28H23F3N4O4S2/c1-27(23-9-5-20(28(29,30)31)13-19(23)15-32)17-34-24-10-8-22(14-25(24)39-27)41(36,37)35(26-33-11-12-40-26)16-18-3-6-21(38-2)7-4-18/h3-14,34H,16-17H2,1-2H3. The van der Waals surface area contributed by atoms with Gasteiger partial charge in [-0.15, -0.1) is 11.3 Å². The van der Waals surface area contributed by atoms with Crippen LogP contribution in [-0.2, 0) is 28.3 Å². The number of methoxy groups -OCH3 is 1. The van der Waals surface area contributed by atoms with E-state index in [0.717, 1.165) is 12.1 Å². The van der Waals surface area contributed by atoms with E-state index in [9.17, 15) is 26.9 Å². The normalized spacial score (nSPS) is 16.6. The summed E-state index contributed by atoms with van der Waals surface area (Å²) in [7, 11) is -2.60. The molecule has 41 heavy (non-hydrogen) atoms. The third kappa shape index (κ3) is 5.53. The lowest BCUT2D eigenvalue weighted by molar-refractivity contribution is -0.137. The highest BCUT2D eigenvalue weighted by atomic mass is 32.2. The maximum Gasteiger partial charge on any atom is 0.416 e. The summed E-state index contributed by atoms with van der Waals surface area (Å²) in [5, 5.41) is 14.7. The number of hydrogen-bond acceptors (Lipinski definition) is 8. The third-order valence-corrected chi connectivity index (χ3v) is 9.29. The fraction of sp³-hybridized carbons (Fsp3) is 0.214. The number of alkyl halides is 3. The van der Waals surface area contributed by atoms with E-state index in [-0.39, 0.29) is 40.0 Å². The van der Waals surface area contributed by atoms with Crippen molar-refractivity contribution < 1.29 is 31.1 Å². The molecule has 5 rings (SSSR count). The summed E-state index contributed by atoms with van der Waals surface area (Å²) in [6, 6.07) is 16.1. The predicted octanol–water partition coefficient (Wildman–Crippen LogP) is 6.16. The third-order valence-electron chi connectivity index (χ3n) is 6.65. The van der Waals surface area contributed by atoms with Gasteiger partial charge < -0.3 is 14.8 Å². The second-order valence-electron chi connectivity index (χ2n) is 9.39. The number of rotatable bonds is 7. The number of aromatic nitrogens is 1. The number of thiazole rings is 1. The molecule has 2 heterocycles. The Balaban J connectivity index is 1.50. The number of nitrogens with one attached hydrogen (secondary N) is 1. The Labute approximate surface area is 238 Å². The van der Waals surface area contributed by atoms with Gasteiger partial charge in [0.1, 0.15) is 17.1 Å². The highest BCUT2D eigenvalue weighted by Gasteiger charge is 2.39. The quantitative estimate of drug-likeness (QED) is 0.271. The van der Waals surface area contributed by atoms with Crippen molar-refractivity contribution in [1.82, 2.24) is 4.98 Å². The first-order valence-electron chi connectivity index (χ1n) is 12.2. The fourth-order valence-electron chi connectivity index (χ4n) is 4.48. The Hall–Kier alpha value is -4.28. The minimum absolute atomic E-state index is 0.00479. The van der Waals surface area contributed by atoms with Crippen molar-refractivity contribution in [1.29, 1.82) is 5.26 Å². The summed E-state index contributed by atoms with van der Waals surface area (Å²) >= 11 is 1.17. The van der Waals surface area contributed by atoms with E-state index >= 15 is 0 Å². The second kappa shape index (κ2) is 10.6. The molecule has 1 aliphatic heterocycles. The van der Waals surface area contributed by atoms with Gasteiger partial charge in [-0.2, -0.15) is 18.4 Å². The number of halogens is 3. The van der Waals surface area contributed by atoms with E-state index in [1.165, 1.54) is 47.1 Å². The Morgan fingerprint density at radius 3 is 2.56 bits per heavy atom. The first kappa shape index (κ1) is 28.3. The number of anilines is 2. The zero-order valence-electron chi connectivity index (χ0n) is 21.8. The van der Waals surface area contributed by atoms with Crippen molar-refractivity contribution in [2.24, 2.45) is 0 Å². The van der Waals surface area contributed by atoms with Gasteiger partial charge in [0.2, 0.25) is 0 Å². The predicted molar refractivity (Wildman–Crippen MR) is 148 cm³/mol. The van der Waals surface area contributed by atoms with Gasteiger partial charge in [0.15, 0.2) is 5.13 Å². The zero-order chi connectivity index (χ0) is 29.4. The van der Waals surface area contributed by atoms with Crippen LogP contribution in [0.5, 0.6) is 11.5 Å². The number of sulfonamides is 1. The van der Waals surface area contributed by atoms with Crippen LogP contribution < -0.4 is 19.1 Å². The number of fused-ring (bicyclic) bond motifs is 1. The molecule has 0 amide bonds. The van der Waals surface area contributed by atoms with Gasteiger partial charge in [0.25, 0.3) is 10.0 Å². The van der Waals surface area contributed by atoms with Crippen molar-refractivity contribution in [2.75, 3.05) is 23.3 Å². The van der Waals surface area contributed by atoms with Crippen LogP contribution in [0.1, 0.15) is 29.2 Å². The lowest BCUT2D eigenvalue weighted by Crippen LogP contribution is -2.41. The van der Waals surface area contributed by atoms with Crippen molar-refractivity contribution in [2.45, 2.75) is 30.1 Å². The van der Waals surface area contributed by atoms with Gasteiger partial charge in [0, 0.05) is 23.2 Å². The van der Waals surface area contributed by atoms with E-state index in [4.69, 9.17) is 9.47 Å². The first-order valence-corrected chi connectivity index (χ1v) is 14.5. The van der Waals surface area contributed by atoms with Gasteiger partial charge in [-0.25, -0.2) is 17.7 Å². The lowest BCUT2D eigenvalue weighted by atomic mass is 9.89. The average molecular weight is 601 g/mol. The second-order valence-corrected chi connectivity index (χ2v) is 12.1. The Morgan fingerprint density at radius 2 is 1.93 bits per heavy atom. The molecule has 1 N–H and O–H groups in total. The van der Waals surface area contributed by atoms with E-state index < -0.39 is 27.4 Å². The van der Waals surface area contributed by atoms with Crippen molar-refractivity contribution in [3.05, 3.63) is 94.5 Å². The van der Waals surface area contributed by atoms with Crippen molar-refractivity contribution in [3.63, 3.8) is 0 Å². The van der Waals surface area contributed by atoms with Crippen LogP contribution in [0.4, 0.5) is 24.0 Å². The van der Waals surface area contributed by atoms with Crippen LogP contribution in [0.15, 0.2) is 77.1 Å². The molecule has 1 unspecified atom stereocenters. The molecule has 0 aliphatic carbocycles. The van der Waals surface area contributed by atoms with Crippen LogP contribution >= 0.6 is 11.3 Å². The van der Waals surface area contributed by atoms with Crippen LogP contribution in [0.25, 0.3) is 0 Å². The topological polar surface area (TPSA) is 105 Å². The molecule has 1 aromatic heterocycles. The number of ether oxygens (including phenoxy) is 2. The maximum absolute atomic E-state index is 13.9. The number of hydrogen-bond donors (Lipinski definition) is 1. The van der Waals surface area contributed by atoms with Crippen LogP contribution in [0, 0.1) is 11.3 Å². The van der Waals surface area contributed by atoms with Gasteiger partial charge in [-0.1, -0.05) is 18.2 Å². The SMILES string of the molecule is COc1ccc(CN(c2nccs2)S(=O)(=O)c2ccc3c(c2)OC(C)(c2ccc(C(F)(F)F)cc2C#N)CN3)cc1. The van der Waals surface area contributed by atoms with Gasteiger partial charge >= 0.3 is 6.18 Å². The van der Waals surface area contributed by atoms with Crippen LogP contribution in [0.2, 0.25) is 0 Å². The molecule has 0 spiro atoms. The molecule has 0 saturated heterocycles. The van der Waals surface area contributed by atoms with Crippen LogP contribution in [0.3, 0.4) is 0 Å². The molecular weight excluding hydrogens is 577 g/mol. The number of nitrogens with zero attached hydrogens (tertiary/aromatic N) is 3. The number of benzene rings is 3. The minimum atomic E-state index is -4.61. The molecule has 13 heteroatoms. The summed E-state index contributed by atoms with van der Waals surface area (Å²) in [4.78, 5) is 4.15. The zero-order valence-corrected chi connectivity index (χ0v) is 23.4. The smallest absolute Gasteiger partial charge is 0.416 e. The average Bonchev–Trinajstić information content (AvgIpc) is 3.49.